The average molecular weight is 462 g/mol. The molecule has 1 rings (SSSR count). The first-order valence-electron chi connectivity index (χ1n) is 8.65. The first-order valence-corrected chi connectivity index (χ1v) is 12.4. The van der Waals surface area contributed by atoms with Gasteiger partial charge in [0.1, 0.15) is 5.75 Å². The minimum Gasteiger partial charge on any atom is -0.497 e. The van der Waals surface area contributed by atoms with Crippen LogP contribution in [0.4, 0.5) is 0 Å². The van der Waals surface area contributed by atoms with E-state index in [4.69, 9.17) is 13.9 Å². The van der Waals surface area contributed by atoms with Crippen LogP contribution >= 0.6 is 22.6 Å². The zero-order valence-corrected chi connectivity index (χ0v) is 18.8. The van der Waals surface area contributed by atoms with Crippen molar-refractivity contribution >= 4 is 30.9 Å². The largest absolute Gasteiger partial charge is 0.497 e. The van der Waals surface area contributed by atoms with Gasteiger partial charge < -0.3 is 13.9 Å². The maximum atomic E-state index is 6.69. The van der Waals surface area contributed by atoms with Crippen LogP contribution in [0.5, 0.6) is 5.75 Å². The van der Waals surface area contributed by atoms with Gasteiger partial charge in [-0.3, -0.25) is 0 Å². The lowest BCUT2D eigenvalue weighted by atomic mass is 10.1. The summed E-state index contributed by atoms with van der Waals surface area (Å²) in [5.41, 5.74) is 0.781. The minimum atomic E-state index is -1.68. The molecule has 0 bridgehead atoms. The third-order valence-electron chi connectivity index (χ3n) is 4.61. The standard InChI is InChI=1S/C19H31IO3Si/c1-6-24(7-2,8-3)23-19(4,13-14-20)16-22-15-17-9-11-18(21-5)12-10-17/h9-14H,6-8,15-16H2,1-5H3/b14-13+/t19-/m1/s1. The van der Waals surface area contributed by atoms with Gasteiger partial charge in [0.25, 0.3) is 0 Å². The molecule has 24 heavy (non-hydrogen) atoms. The van der Waals surface area contributed by atoms with Crippen molar-refractivity contribution in [2.45, 2.75) is 58.0 Å². The fourth-order valence-electron chi connectivity index (χ4n) is 2.80. The van der Waals surface area contributed by atoms with Gasteiger partial charge in [-0.05, 0) is 52.9 Å². The van der Waals surface area contributed by atoms with E-state index in [1.165, 1.54) is 0 Å². The Morgan fingerprint density at radius 3 is 2.12 bits per heavy atom. The molecule has 0 saturated carbocycles. The third-order valence-corrected chi connectivity index (χ3v) is 9.74. The monoisotopic (exact) mass is 462 g/mol. The molecule has 5 heteroatoms. The summed E-state index contributed by atoms with van der Waals surface area (Å²) in [4.78, 5) is 0. The molecule has 0 spiro atoms. The normalized spacial score (nSPS) is 14.8. The lowest BCUT2D eigenvalue weighted by Gasteiger charge is -2.38. The molecule has 0 fully saturated rings. The van der Waals surface area contributed by atoms with E-state index in [9.17, 15) is 0 Å². The number of hydrogen-bond acceptors (Lipinski definition) is 3. The maximum absolute atomic E-state index is 6.69. The summed E-state index contributed by atoms with van der Waals surface area (Å²) in [5.74, 6) is 0.865. The fourth-order valence-corrected chi connectivity index (χ4v) is 6.61. The van der Waals surface area contributed by atoms with E-state index in [1.54, 1.807) is 7.11 Å². The number of rotatable bonds is 11. The van der Waals surface area contributed by atoms with Gasteiger partial charge in [-0.2, -0.15) is 0 Å². The Morgan fingerprint density at radius 2 is 1.67 bits per heavy atom. The maximum Gasteiger partial charge on any atom is 0.193 e. The summed E-state index contributed by atoms with van der Waals surface area (Å²) in [6.45, 7) is 10.0. The van der Waals surface area contributed by atoms with Crippen molar-refractivity contribution in [1.82, 2.24) is 0 Å². The van der Waals surface area contributed by atoms with Crippen LogP contribution in [0.25, 0.3) is 0 Å². The molecule has 1 aromatic rings. The Bertz CT molecular complexity index is 492. The Morgan fingerprint density at radius 1 is 1.08 bits per heavy atom. The molecule has 0 unspecified atom stereocenters. The minimum absolute atomic E-state index is 0.359. The second-order valence-corrected chi connectivity index (χ2v) is 11.7. The van der Waals surface area contributed by atoms with Gasteiger partial charge in [0.2, 0.25) is 0 Å². The molecule has 1 aromatic carbocycles. The van der Waals surface area contributed by atoms with E-state index in [-0.39, 0.29) is 5.60 Å². The molecule has 0 aromatic heterocycles. The van der Waals surface area contributed by atoms with Crippen molar-refractivity contribution in [2.24, 2.45) is 0 Å². The van der Waals surface area contributed by atoms with Crippen LogP contribution in [0, 0.1) is 0 Å². The fraction of sp³-hybridized carbons (Fsp3) is 0.579. The molecule has 0 saturated heterocycles. The number of benzene rings is 1. The molecule has 0 amide bonds. The van der Waals surface area contributed by atoms with E-state index in [0.29, 0.717) is 13.2 Å². The summed E-state index contributed by atoms with van der Waals surface area (Å²) >= 11 is 2.26. The zero-order chi connectivity index (χ0) is 18.1. The van der Waals surface area contributed by atoms with Crippen LogP contribution in [-0.4, -0.2) is 27.6 Å². The van der Waals surface area contributed by atoms with Gasteiger partial charge in [0.15, 0.2) is 8.32 Å². The van der Waals surface area contributed by atoms with Crippen LogP contribution in [0.2, 0.25) is 18.1 Å². The molecule has 1 atom stereocenters. The van der Waals surface area contributed by atoms with Crippen molar-refractivity contribution in [2.75, 3.05) is 13.7 Å². The van der Waals surface area contributed by atoms with E-state index < -0.39 is 8.32 Å². The summed E-state index contributed by atoms with van der Waals surface area (Å²) in [7, 11) is -0.00627. The Hall–Kier alpha value is -0.373. The summed E-state index contributed by atoms with van der Waals surface area (Å²) in [6.07, 6.45) is 2.13. The average Bonchev–Trinajstić information content (AvgIpc) is 2.61. The van der Waals surface area contributed by atoms with E-state index in [0.717, 1.165) is 29.4 Å². The Balaban J connectivity index is 2.70. The Labute approximate surface area is 162 Å². The van der Waals surface area contributed by atoms with E-state index in [2.05, 4.69) is 56.4 Å². The van der Waals surface area contributed by atoms with Gasteiger partial charge in [0, 0.05) is 0 Å². The Kier molecular flexibility index (Phi) is 9.55. The highest BCUT2D eigenvalue weighted by Gasteiger charge is 2.36. The van der Waals surface area contributed by atoms with Crippen molar-refractivity contribution < 1.29 is 13.9 Å². The predicted octanol–water partition coefficient (Wildman–Crippen LogP) is 5.94. The first-order chi connectivity index (χ1) is 11.5. The molecule has 0 heterocycles. The quantitative estimate of drug-likeness (QED) is 0.301. The van der Waals surface area contributed by atoms with Crippen LogP contribution in [0.3, 0.4) is 0 Å². The summed E-state index contributed by atoms with van der Waals surface area (Å²) in [6, 6.07) is 11.4. The SMILES string of the molecule is CC[Si](CC)(CC)O[C@](C)(/C=C/I)COCc1ccc(OC)cc1. The number of halogens is 1. The number of methoxy groups -OCH3 is 1. The number of ether oxygens (including phenoxy) is 2. The molecule has 0 aliphatic carbocycles. The van der Waals surface area contributed by atoms with Crippen LogP contribution in [0.1, 0.15) is 33.3 Å². The molecule has 0 N–H and O–H groups in total. The van der Waals surface area contributed by atoms with Crippen LogP contribution < -0.4 is 4.74 Å². The highest BCUT2D eigenvalue weighted by molar-refractivity contribution is 14.1. The van der Waals surface area contributed by atoms with Crippen LogP contribution in [0.15, 0.2) is 34.4 Å². The lowest BCUT2D eigenvalue weighted by Crippen LogP contribution is -2.47. The molecular weight excluding hydrogens is 431 g/mol. The van der Waals surface area contributed by atoms with Gasteiger partial charge >= 0.3 is 0 Å². The van der Waals surface area contributed by atoms with Crippen molar-refractivity contribution in [3.8, 4) is 5.75 Å². The van der Waals surface area contributed by atoms with Crippen LogP contribution in [-0.2, 0) is 15.8 Å². The molecule has 0 aliphatic rings. The first kappa shape index (κ1) is 21.7. The van der Waals surface area contributed by atoms with E-state index in [1.807, 2.05) is 28.3 Å². The topological polar surface area (TPSA) is 27.7 Å². The van der Waals surface area contributed by atoms with Crippen molar-refractivity contribution in [3.05, 3.63) is 40.0 Å². The van der Waals surface area contributed by atoms with Gasteiger partial charge in [-0.1, -0.05) is 55.5 Å². The molecule has 3 nitrogen and oxygen atoms in total. The predicted molar refractivity (Wildman–Crippen MR) is 112 cm³/mol. The second-order valence-electron chi connectivity index (χ2n) is 6.29. The van der Waals surface area contributed by atoms with Gasteiger partial charge in [0.05, 0.1) is 25.9 Å². The van der Waals surface area contributed by atoms with E-state index >= 15 is 0 Å². The summed E-state index contributed by atoms with van der Waals surface area (Å²) in [5, 5.41) is 0. The highest BCUT2D eigenvalue weighted by Crippen LogP contribution is 2.29. The second kappa shape index (κ2) is 10.6. The van der Waals surface area contributed by atoms with Gasteiger partial charge in [-0.25, -0.2) is 0 Å². The summed E-state index contributed by atoms with van der Waals surface area (Å²) < 4.78 is 19.9. The lowest BCUT2D eigenvalue weighted by molar-refractivity contribution is 0.000973. The molecule has 0 radical (unpaired) electrons. The third kappa shape index (κ3) is 6.50. The van der Waals surface area contributed by atoms with Gasteiger partial charge in [-0.15, -0.1) is 0 Å². The smallest absolute Gasteiger partial charge is 0.193 e. The molecular formula is C19H31IO3Si. The van der Waals surface area contributed by atoms with Crippen molar-refractivity contribution in [3.63, 3.8) is 0 Å². The number of hydrogen-bond donors (Lipinski definition) is 0. The zero-order valence-electron chi connectivity index (χ0n) is 15.6. The van der Waals surface area contributed by atoms with Crippen molar-refractivity contribution in [1.29, 1.82) is 0 Å². The molecule has 136 valence electrons. The molecule has 0 aliphatic heterocycles. The highest BCUT2D eigenvalue weighted by atomic mass is 127.